The number of unbranched alkanes of at least 4 members (excludes halogenated alkanes) is 2. The van der Waals surface area contributed by atoms with Crippen LogP contribution in [0.1, 0.15) is 58.9 Å². The summed E-state index contributed by atoms with van der Waals surface area (Å²) in [6.45, 7) is 12.3. The molecule has 21 heavy (non-hydrogen) atoms. The topological polar surface area (TPSA) is 29.3 Å². The third-order valence-electron chi connectivity index (χ3n) is 4.48. The van der Waals surface area contributed by atoms with Crippen molar-refractivity contribution in [3.63, 3.8) is 0 Å². The summed E-state index contributed by atoms with van der Waals surface area (Å²) in [5.41, 5.74) is 7.87. The summed E-state index contributed by atoms with van der Waals surface area (Å²) in [6.07, 6.45) is 5.00. The molecule has 2 nitrogen and oxygen atoms in total. The van der Waals surface area contributed by atoms with Crippen molar-refractivity contribution < 1.29 is 0 Å². The van der Waals surface area contributed by atoms with E-state index in [0.717, 1.165) is 19.6 Å². The molecule has 0 amide bonds. The zero-order valence-electron chi connectivity index (χ0n) is 14.4. The van der Waals surface area contributed by atoms with Gasteiger partial charge in [0.1, 0.15) is 0 Å². The van der Waals surface area contributed by atoms with E-state index in [4.69, 9.17) is 5.73 Å². The Morgan fingerprint density at radius 3 is 1.95 bits per heavy atom. The lowest BCUT2D eigenvalue weighted by atomic mass is 9.80. The summed E-state index contributed by atoms with van der Waals surface area (Å²) in [5.74, 6) is 0.422. The lowest BCUT2D eigenvalue weighted by molar-refractivity contribution is 0.167. The van der Waals surface area contributed by atoms with E-state index in [9.17, 15) is 0 Å². The van der Waals surface area contributed by atoms with Crippen molar-refractivity contribution in [3.05, 3.63) is 35.9 Å². The molecule has 0 aromatic heterocycles. The molecule has 120 valence electrons. The smallest absolute Gasteiger partial charge is 0.0561 e. The molecular formula is C19H34N2. The molecule has 0 fully saturated rings. The highest BCUT2D eigenvalue weighted by Gasteiger charge is 2.32. The van der Waals surface area contributed by atoms with Crippen molar-refractivity contribution >= 4 is 0 Å². The number of nitrogens with two attached hydrogens (primary N) is 1. The first kappa shape index (κ1) is 18.2. The van der Waals surface area contributed by atoms with Gasteiger partial charge in [0.2, 0.25) is 0 Å². The molecule has 0 aliphatic carbocycles. The normalized spacial score (nSPS) is 14.6. The Morgan fingerprint density at radius 2 is 1.52 bits per heavy atom. The summed E-state index contributed by atoms with van der Waals surface area (Å²) in [7, 11) is 0. The van der Waals surface area contributed by atoms with E-state index in [1.165, 1.54) is 31.2 Å². The number of hydrogen-bond acceptors (Lipinski definition) is 2. The summed E-state index contributed by atoms with van der Waals surface area (Å²) < 4.78 is 0. The van der Waals surface area contributed by atoms with E-state index >= 15 is 0 Å². The van der Waals surface area contributed by atoms with Crippen LogP contribution in [0.15, 0.2) is 30.3 Å². The fraction of sp³-hybridized carbons (Fsp3) is 0.684. The van der Waals surface area contributed by atoms with Crippen LogP contribution in [0.3, 0.4) is 0 Å². The van der Waals surface area contributed by atoms with Crippen molar-refractivity contribution in [2.75, 3.05) is 19.6 Å². The van der Waals surface area contributed by atoms with Crippen LogP contribution in [-0.4, -0.2) is 24.5 Å². The second-order valence-electron chi connectivity index (χ2n) is 6.54. The summed E-state index contributed by atoms with van der Waals surface area (Å²) in [6, 6.07) is 10.6. The highest BCUT2D eigenvalue weighted by Crippen LogP contribution is 2.28. The van der Waals surface area contributed by atoms with E-state index in [2.05, 4.69) is 62.9 Å². The second-order valence-corrected chi connectivity index (χ2v) is 6.54. The van der Waals surface area contributed by atoms with Gasteiger partial charge in [0.25, 0.3) is 0 Å². The summed E-state index contributed by atoms with van der Waals surface area (Å²) in [4.78, 5) is 2.57. The van der Waals surface area contributed by atoms with Crippen LogP contribution in [0, 0.1) is 5.92 Å². The van der Waals surface area contributed by atoms with Crippen molar-refractivity contribution in [2.45, 2.75) is 58.9 Å². The SMILES string of the molecule is CCCCN(CCCC)CC(N)(c1ccccc1)C(C)C. The standard InChI is InChI=1S/C19H34N2/c1-5-7-14-21(15-8-6-2)16-19(20,17(3)4)18-12-10-9-11-13-18/h9-13,17H,5-8,14-16,20H2,1-4H3. The van der Waals surface area contributed by atoms with Gasteiger partial charge < -0.3 is 10.6 Å². The van der Waals surface area contributed by atoms with Gasteiger partial charge in [0.15, 0.2) is 0 Å². The van der Waals surface area contributed by atoms with E-state index in [-0.39, 0.29) is 5.54 Å². The molecule has 0 bridgehead atoms. The van der Waals surface area contributed by atoms with E-state index in [0.29, 0.717) is 5.92 Å². The molecule has 0 aliphatic rings. The van der Waals surface area contributed by atoms with Gasteiger partial charge in [0.05, 0.1) is 5.54 Å². The van der Waals surface area contributed by atoms with Gasteiger partial charge in [-0.2, -0.15) is 0 Å². The quantitative estimate of drug-likeness (QED) is 0.692. The highest BCUT2D eigenvalue weighted by molar-refractivity contribution is 5.25. The van der Waals surface area contributed by atoms with Gasteiger partial charge in [-0.15, -0.1) is 0 Å². The first-order valence-electron chi connectivity index (χ1n) is 8.61. The first-order valence-corrected chi connectivity index (χ1v) is 8.61. The largest absolute Gasteiger partial charge is 0.320 e. The van der Waals surface area contributed by atoms with Crippen LogP contribution in [0.5, 0.6) is 0 Å². The molecule has 2 N–H and O–H groups in total. The second kappa shape index (κ2) is 9.22. The first-order chi connectivity index (χ1) is 10.0. The fourth-order valence-electron chi connectivity index (χ4n) is 2.76. The maximum Gasteiger partial charge on any atom is 0.0561 e. The molecule has 0 saturated heterocycles. The van der Waals surface area contributed by atoms with Crippen molar-refractivity contribution in [3.8, 4) is 0 Å². The average molecular weight is 290 g/mol. The number of nitrogens with zero attached hydrogens (tertiary/aromatic N) is 1. The lowest BCUT2D eigenvalue weighted by Crippen LogP contribution is -2.51. The third-order valence-corrected chi connectivity index (χ3v) is 4.48. The molecule has 0 aliphatic heterocycles. The monoisotopic (exact) mass is 290 g/mol. The molecule has 1 unspecified atom stereocenters. The van der Waals surface area contributed by atoms with Crippen LogP contribution >= 0.6 is 0 Å². The zero-order valence-corrected chi connectivity index (χ0v) is 14.4. The van der Waals surface area contributed by atoms with Gasteiger partial charge >= 0.3 is 0 Å². The fourth-order valence-corrected chi connectivity index (χ4v) is 2.76. The predicted octanol–water partition coefficient (Wildman–Crippen LogP) is 4.40. The Kier molecular flexibility index (Phi) is 7.98. The Labute approximate surface area is 131 Å². The Hall–Kier alpha value is -0.860. The van der Waals surface area contributed by atoms with Crippen LogP contribution < -0.4 is 5.73 Å². The molecule has 1 atom stereocenters. The summed E-state index contributed by atoms with van der Waals surface area (Å²) >= 11 is 0. The zero-order chi connectivity index (χ0) is 15.7. The predicted molar refractivity (Wildman–Crippen MR) is 93.4 cm³/mol. The Bertz CT molecular complexity index is 366. The van der Waals surface area contributed by atoms with Gasteiger partial charge in [0, 0.05) is 6.54 Å². The minimum absolute atomic E-state index is 0.261. The van der Waals surface area contributed by atoms with Crippen LogP contribution in [0.25, 0.3) is 0 Å². The number of rotatable bonds is 10. The molecule has 2 heteroatoms. The third kappa shape index (κ3) is 5.44. The minimum Gasteiger partial charge on any atom is -0.320 e. The average Bonchev–Trinajstić information content (AvgIpc) is 2.50. The molecule has 1 aromatic rings. The van der Waals surface area contributed by atoms with E-state index < -0.39 is 0 Å². The Morgan fingerprint density at radius 1 is 1.00 bits per heavy atom. The molecule has 0 spiro atoms. The molecule has 1 rings (SSSR count). The Balaban J connectivity index is 2.87. The van der Waals surface area contributed by atoms with Gasteiger partial charge in [-0.3, -0.25) is 0 Å². The number of hydrogen-bond donors (Lipinski definition) is 1. The maximum absolute atomic E-state index is 6.86. The van der Waals surface area contributed by atoms with Gasteiger partial charge in [-0.25, -0.2) is 0 Å². The minimum atomic E-state index is -0.261. The molecular weight excluding hydrogens is 256 g/mol. The van der Waals surface area contributed by atoms with Crippen LogP contribution in [0.4, 0.5) is 0 Å². The molecule has 1 aromatic carbocycles. The molecule has 0 heterocycles. The van der Waals surface area contributed by atoms with E-state index in [1.54, 1.807) is 0 Å². The highest BCUT2D eigenvalue weighted by atomic mass is 15.1. The van der Waals surface area contributed by atoms with Gasteiger partial charge in [-0.05, 0) is 37.4 Å². The van der Waals surface area contributed by atoms with Crippen molar-refractivity contribution in [2.24, 2.45) is 11.7 Å². The van der Waals surface area contributed by atoms with Crippen LogP contribution in [0.2, 0.25) is 0 Å². The molecule has 0 saturated carbocycles. The maximum atomic E-state index is 6.86. The number of benzene rings is 1. The van der Waals surface area contributed by atoms with Gasteiger partial charge in [-0.1, -0.05) is 70.9 Å². The lowest BCUT2D eigenvalue weighted by Gasteiger charge is -2.39. The van der Waals surface area contributed by atoms with Crippen molar-refractivity contribution in [1.29, 1.82) is 0 Å². The van der Waals surface area contributed by atoms with Crippen molar-refractivity contribution in [1.82, 2.24) is 4.90 Å². The van der Waals surface area contributed by atoms with E-state index in [1.807, 2.05) is 0 Å². The molecule has 0 radical (unpaired) electrons. The summed E-state index contributed by atoms with van der Waals surface area (Å²) in [5, 5.41) is 0. The van der Waals surface area contributed by atoms with Crippen LogP contribution in [-0.2, 0) is 5.54 Å².